The van der Waals surface area contributed by atoms with E-state index in [0.717, 1.165) is 57.5 Å². The van der Waals surface area contributed by atoms with E-state index in [9.17, 15) is 35.1 Å². The molecule has 17 nitrogen and oxygen atoms in total. The molecule has 3 aliphatic heterocycles. The molecule has 1 amide bonds. The number of cyclic esters (lactones) is 1. The molecule has 3 fully saturated rings. The van der Waals surface area contributed by atoms with Gasteiger partial charge in [-0.25, -0.2) is 0 Å². The van der Waals surface area contributed by atoms with E-state index in [4.69, 9.17) is 28.4 Å². The van der Waals surface area contributed by atoms with Crippen molar-refractivity contribution in [2.45, 2.75) is 249 Å². The number of aliphatic hydroxyl groups excluding tert-OH is 3. The van der Waals surface area contributed by atoms with Crippen molar-refractivity contribution in [3.63, 3.8) is 0 Å². The predicted octanol–water partition coefficient (Wildman–Crippen LogP) is 7.16. The summed E-state index contributed by atoms with van der Waals surface area (Å²) in [5.74, 6) is -3.28. The molecule has 18 heteroatoms. The number of carbonyl (C=O) groups excluding carboxylic acids is 2. The van der Waals surface area contributed by atoms with Gasteiger partial charge in [-0.1, -0.05) is 20.8 Å². The van der Waals surface area contributed by atoms with E-state index in [1.165, 1.54) is 29.9 Å². The van der Waals surface area contributed by atoms with Crippen molar-refractivity contribution in [1.82, 2.24) is 19.6 Å². The Kier molecular flexibility index (Phi) is 25.2. The third kappa shape index (κ3) is 16.8. The molecule has 18 atom stereocenters. The number of hydrogen-bond donors (Lipinski definition) is 5. The summed E-state index contributed by atoms with van der Waals surface area (Å²) in [6.45, 7) is 17.4. The zero-order chi connectivity index (χ0) is 61.0. The Morgan fingerprint density at radius 3 is 1.92 bits per heavy atom. The number of methoxy groups -OCH3 is 1. The Morgan fingerprint density at radius 1 is 0.795 bits per heavy atom. The van der Waals surface area contributed by atoms with Crippen molar-refractivity contribution in [3.8, 4) is 0 Å². The van der Waals surface area contributed by atoms with E-state index in [2.05, 4.69) is 78.2 Å². The fourth-order valence-electron chi connectivity index (χ4n) is 13.9. The number of ether oxygens (including phenoxy) is 6. The second kappa shape index (κ2) is 30.5. The van der Waals surface area contributed by atoms with Crippen LogP contribution in [0.5, 0.6) is 0 Å². The summed E-state index contributed by atoms with van der Waals surface area (Å²) in [5.41, 5.74) is -4.80. The first kappa shape index (κ1) is 68.7. The van der Waals surface area contributed by atoms with Crippen molar-refractivity contribution in [2.75, 3.05) is 33.9 Å². The number of carbonyl (C=O) groups is 2. The zero-order valence-corrected chi connectivity index (χ0v) is 53.7. The summed E-state index contributed by atoms with van der Waals surface area (Å²) in [5, 5.41) is 69.3. The predicted molar refractivity (Wildman–Crippen MR) is 328 cm³/mol. The summed E-state index contributed by atoms with van der Waals surface area (Å²) < 4.78 is 40.2. The average molecular weight is 1180 g/mol. The maximum atomic E-state index is 14.7. The standard InChI is InChI=1S/C65H107N4O13P/c1-15-53-65(10,76)58(72)47(6)69(54(70)35-29-21-19-17-16-18-20-22-30-36-83(49-31-25-23-26-32-49,50-33-27-24-28-34-50)51-40-66-68(13)42-51)41-43(2)38-63(8,75)60(82-62-56(71)52(67(11)12)37-44(3)78-62)45(4)57(46(5)61(74)80-53)81-55-39-64(9,77-14)59(73)48(7)79-55/h23-28,31-34,40,42-48,52-53,55-60,62,71-73,75-76,83H,15-22,29-30,35-39,41H2,1-14H3/t43-,44-,45+,46-,47-,48+,52+,53-,55+,56-,57+,58-,59+,60-,62+,63-,64-,65-/m1/s1. The molecule has 1 aromatic heterocycles. The molecule has 6 rings (SSSR count). The van der Waals surface area contributed by atoms with Gasteiger partial charge in [-0.2, -0.15) is 0 Å². The second-order valence-electron chi connectivity index (χ2n) is 26.0. The monoisotopic (exact) mass is 1180 g/mol. The third-order valence-corrected chi connectivity index (χ3v) is 23.9. The van der Waals surface area contributed by atoms with Crippen molar-refractivity contribution >= 4 is 35.1 Å². The molecule has 0 aliphatic carbocycles. The average Bonchev–Trinajstić information content (AvgIpc) is 4.11. The Bertz CT molecular complexity index is 2390. The molecule has 3 aliphatic rings. The van der Waals surface area contributed by atoms with Gasteiger partial charge in [0.25, 0.3) is 0 Å². The quantitative estimate of drug-likeness (QED) is 0.0384. The molecule has 4 heterocycles. The summed E-state index contributed by atoms with van der Waals surface area (Å²) in [6.07, 6.45) is 5.35. The molecule has 3 aromatic rings. The van der Waals surface area contributed by atoms with Crippen molar-refractivity contribution in [2.24, 2.45) is 24.8 Å². The maximum absolute atomic E-state index is 14.7. The smallest absolute Gasteiger partial charge is 0.126 e. The molecule has 83 heavy (non-hydrogen) atoms. The van der Waals surface area contributed by atoms with Crippen LogP contribution >= 0.6 is 7.26 Å². The van der Waals surface area contributed by atoms with Gasteiger partial charge in [0, 0.05) is 32.0 Å². The van der Waals surface area contributed by atoms with Gasteiger partial charge in [0.2, 0.25) is 0 Å². The molecule has 0 saturated carbocycles. The van der Waals surface area contributed by atoms with Gasteiger partial charge in [0.15, 0.2) is 12.6 Å². The fraction of sp³-hybridized carbons (Fsp3) is 0.738. The van der Waals surface area contributed by atoms with E-state index in [0.29, 0.717) is 12.8 Å². The van der Waals surface area contributed by atoms with Crippen LogP contribution in [0.4, 0.5) is 0 Å². The number of rotatable bonds is 22. The topological polar surface area (TPSA) is 215 Å². The van der Waals surface area contributed by atoms with Crippen LogP contribution in [0.25, 0.3) is 0 Å². The Balaban J connectivity index is 1.15. The normalized spacial score (nSPS) is 35.6. The number of likely N-dealkylation sites (N-methyl/N-ethyl adjacent to an activating group) is 1. The van der Waals surface area contributed by atoms with Gasteiger partial charge in [-0.3, -0.25) is 9.59 Å². The number of aliphatic hydroxyl groups is 5. The molecule has 0 unspecified atom stereocenters. The summed E-state index contributed by atoms with van der Waals surface area (Å²) >= 11 is 0. The number of benzene rings is 2. The Labute approximate surface area is 497 Å². The largest absolute Gasteiger partial charge is 0.388 e. The van der Waals surface area contributed by atoms with E-state index in [-0.39, 0.29) is 50.3 Å². The summed E-state index contributed by atoms with van der Waals surface area (Å²) in [4.78, 5) is 32.9. The first-order valence-corrected chi connectivity index (χ1v) is 33.3. The number of aromatic nitrogens is 2. The molecule has 5 N–H and O–H groups in total. The summed E-state index contributed by atoms with van der Waals surface area (Å²) in [7, 11) is 4.95. The Hall–Kier alpha value is -3.42. The van der Waals surface area contributed by atoms with Gasteiger partial charge in [-0.15, -0.1) is 0 Å². The number of amides is 1. The van der Waals surface area contributed by atoms with Gasteiger partial charge in [0.1, 0.15) is 30.0 Å². The van der Waals surface area contributed by atoms with Crippen LogP contribution < -0.4 is 15.9 Å². The molecule has 0 spiro atoms. The van der Waals surface area contributed by atoms with Crippen LogP contribution in [-0.2, 0) is 45.1 Å². The number of nitrogens with zero attached hydrogens (tertiary/aromatic N) is 4. The van der Waals surface area contributed by atoms with Gasteiger partial charge in [-0.05, 0) is 87.7 Å². The van der Waals surface area contributed by atoms with Crippen LogP contribution in [0.1, 0.15) is 159 Å². The zero-order valence-electron chi connectivity index (χ0n) is 52.7. The van der Waals surface area contributed by atoms with Crippen LogP contribution in [0.3, 0.4) is 0 Å². The minimum absolute atomic E-state index is 0.0713. The van der Waals surface area contributed by atoms with Crippen molar-refractivity contribution in [1.29, 1.82) is 0 Å². The van der Waals surface area contributed by atoms with Crippen molar-refractivity contribution < 1.29 is 63.5 Å². The minimum atomic E-state index is -2.31. The van der Waals surface area contributed by atoms with Crippen LogP contribution in [0.15, 0.2) is 73.1 Å². The number of hydrogen-bond acceptors (Lipinski definition) is 15. The van der Waals surface area contributed by atoms with E-state index < -0.39 is 109 Å². The van der Waals surface area contributed by atoms with Crippen LogP contribution in [-0.4, -0.2) is 181 Å². The van der Waals surface area contributed by atoms with Crippen molar-refractivity contribution in [3.05, 3.63) is 73.1 Å². The third-order valence-electron chi connectivity index (χ3n) is 18.9. The maximum Gasteiger partial charge on any atom is 0.126 e. The first-order chi connectivity index (χ1) is 39.2. The number of esters is 1. The van der Waals surface area contributed by atoms with E-state index >= 15 is 0 Å². The van der Waals surface area contributed by atoms with E-state index in [1.54, 1.807) is 53.4 Å². The molecular formula is C65H107N4O13P. The minimum Gasteiger partial charge on any atom is -0.388 e. The van der Waals surface area contributed by atoms with Crippen LogP contribution in [0, 0.1) is 17.8 Å². The number of aryl methyl sites for hydroxylation is 1. The fourth-order valence-corrected chi connectivity index (χ4v) is 18.8. The second-order valence-corrected chi connectivity index (χ2v) is 30.0. The molecule has 470 valence electrons. The molecular weight excluding hydrogens is 1080 g/mol. The molecule has 2 aromatic carbocycles. The molecule has 0 bridgehead atoms. The molecule has 3 saturated heterocycles. The Morgan fingerprint density at radius 2 is 1.37 bits per heavy atom. The number of unbranched alkanes of at least 4 members (excludes halogenated alkanes) is 8. The summed E-state index contributed by atoms with van der Waals surface area (Å²) in [6, 6.07) is 20.7. The van der Waals surface area contributed by atoms with E-state index in [1.807, 2.05) is 44.6 Å². The van der Waals surface area contributed by atoms with Gasteiger partial charge < -0.3 is 63.8 Å². The van der Waals surface area contributed by atoms with Gasteiger partial charge >= 0.3 is 195 Å². The van der Waals surface area contributed by atoms with Gasteiger partial charge in [0.05, 0.1) is 47.6 Å². The SMILES string of the molecule is CC[C@H]1OC(=O)[C@H](C)[C@@H](O[C@H]2C[C@@](C)(OC)[C@@H](O)[C@H](C)O2)[C@H](C)[C@@H](O[C@@H]2O[C@H](C)C[C@H](N(C)C)[C@H]2O)[C@](C)(O)C[C@@H](C)CN(C(=O)CCCCCCCCCCC[PH](c2ccccc2)(c2ccccc2)c2cnn(C)c2)[C@H](C)[C@@H](O)[C@]1(C)O. The first-order valence-electron chi connectivity index (χ1n) is 31.1. The van der Waals surface area contributed by atoms with Crippen LogP contribution in [0.2, 0.25) is 0 Å². The molecule has 0 radical (unpaired) electrons.